The normalized spacial score (nSPS) is 20.1. The van der Waals surface area contributed by atoms with Crippen molar-refractivity contribution in [3.8, 4) is 17.4 Å². The van der Waals surface area contributed by atoms with Crippen LogP contribution in [0.1, 0.15) is 30.5 Å². The third-order valence-corrected chi connectivity index (χ3v) is 6.59. The number of halogens is 1. The van der Waals surface area contributed by atoms with Gasteiger partial charge in [-0.05, 0) is 31.7 Å². The zero-order chi connectivity index (χ0) is 22.6. The molecular weight excluding hydrogens is 442 g/mol. The predicted octanol–water partition coefficient (Wildman–Crippen LogP) is 3.30. The Balaban J connectivity index is 1.13. The first-order valence-electron chi connectivity index (χ1n) is 11.4. The molecule has 0 amide bonds. The zero-order valence-corrected chi connectivity index (χ0v) is 19.4. The molecule has 2 aliphatic heterocycles. The van der Waals surface area contributed by atoms with Gasteiger partial charge >= 0.3 is 0 Å². The number of pyridine rings is 3. The number of aromatic nitrogens is 3. The molecule has 0 spiro atoms. The molecule has 33 heavy (non-hydrogen) atoms. The fourth-order valence-electron chi connectivity index (χ4n) is 4.42. The van der Waals surface area contributed by atoms with Gasteiger partial charge in [0.15, 0.2) is 11.5 Å². The molecule has 2 aliphatic rings. The molecule has 0 bridgehead atoms. The standard InChI is InChI=1S/C24H28ClN5O3/c1-31-23-7-6-20-24(30-23)18(19(25)13-29-20)5-4-15-2-3-16(11-26-15)27-12-17-10-21-22(14-28-17)33-9-8-32-21/h6-7,10,13-16,26-27H,2-5,8-9,11-12H2,1H3. The Morgan fingerprint density at radius 2 is 2.03 bits per heavy atom. The summed E-state index contributed by atoms with van der Waals surface area (Å²) in [5.41, 5.74) is 3.66. The van der Waals surface area contributed by atoms with Gasteiger partial charge in [0.2, 0.25) is 5.88 Å². The van der Waals surface area contributed by atoms with Crippen LogP contribution in [0.2, 0.25) is 5.02 Å². The van der Waals surface area contributed by atoms with Gasteiger partial charge in [-0.3, -0.25) is 9.97 Å². The van der Waals surface area contributed by atoms with Gasteiger partial charge in [0, 0.05) is 49.1 Å². The van der Waals surface area contributed by atoms with Crippen LogP contribution in [-0.2, 0) is 13.0 Å². The summed E-state index contributed by atoms with van der Waals surface area (Å²) in [5.74, 6) is 2.08. The fraction of sp³-hybridized carbons (Fsp3) is 0.458. The lowest BCUT2D eigenvalue weighted by atomic mass is 9.95. The Morgan fingerprint density at radius 3 is 2.85 bits per heavy atom. The van der Waals surface area contributed by atoms with Crippen molar-refractivity contribution in [1.29, 1.82) is 0 Å². The number of fused-ring (bicyclic) bond motifs is 2. The van der Waals surface area contributed by atoms with Gasteiger partial charge in [-0.25, -0.2) is 4.98 Å². The topological polar surface area (TPSA) is 90.4 Å². The van der Waals surface area contributed by atoms with E-state index in [0.29, 0.717) is 42.7 Å². The molecule has 0 saturated carbocycles. The second kappa shape index (κ2) is 10.1. The van der Waals surface area contributed by atoms with E-state index in [1.165, 1.54) is 0 Å². The fourth-order valence-corrected chi connectivity index (χ4v) is 4.65. The summed E-state index contributed by atoms with van der Waals surface area (Å²) < 4.78 is 16.5. The van der Waals surface area contributed by atoms with Crippen LogP contribution >= 0.6 is 11.6 Å². The number of nitrogens with one attached hydrogen (secondary N) is 2. The van der Waals surface area contributed by atoms with E-state index in [4.69, 9.17) is 25.8 Å². The molecule has 0 aliphatic carbocycles. The van der Waals surface area contributed by atoms with E-state index in [1.807, 2.05) is 18.2 Å². The summed E-state index contributed by atoms with van der Waals surface area (Å²) in [7, 11) is 1.62. The van der Waals surface area contributed by atoms with Crippen molar-refractivity contribution in [2.45, 2.75) is 44.3 Å². The van der Waals surface area contributed by atoms with E-state index in [9.17, 15) is 0 Å². The number of rotatable bonds is 7. The van der Waals surface area contributed by atoms with Crippen LogP contribution in [0.5, 0.6) is 17.4 Å². The van der Waals surface area contributed by atoms with E-state index >= 15 is 0 Å². The van der Waals surface area contributed by atoms with Crippen molar-refractivity contribution in [1.82, 2.24) is 25.6 Å². The molecule has 3 aromatic heterocycles. The van der Waals surface area contributed by atoms with Crippen LogP contribution in [0, 0.1) is 0 Å². The molecule has 5 rings (SSSR count). The van der Waals surface area contributed by atoms with Crippen LogP contribution in [0.25, 0.3) is 11.0 Å². The molecule has 2 unspecified atom stereocenters. The van der Waals surface area contributed by atoms with Crippen molar-refractivity contribution in [3.05, 3.63) is 46.9 Å². The van der Waals surface area contributed by atoms with Gasteiger partial charge in [0.05, 0.1) is 35.1 Å². The zero-order valence-electron chi connectivity index (χ0n) is 18.6. The van der Waals surface area contributed by atoms with E-state index in [2.05, 4.69) is 25.6 Å². The van der Waals surface area contributed by atoms with Crippen LogP contribution in [0.4, 0.5) is 0 Å². The summed E-state index contributed by atoms with van der Waals surface area (Å²) in [6, 6.07) is 6.57. The van der Waals surface area contributed by atoms with Crippen molar-refractivity contribution in [2.75, 3.05) is 26.9 Å². The van der Waals surface area contributed by atoms with Gasteiger partial charge in [-0.15, -0.1) is 0 Å². The van der Waals surface area contributed by atoms with Gasteiger partial charge < -0.3 is 24.8 Å². The SMILES string of the molecule is COc1ccc2ncc(Cl)c(CCC3CCC(NCc4cc5c(cn4)OCCO5)CN3)c2n1. The molecule has 1 fully saturated rings. The lowest BCUT2D eigenvalue weighted by Crippen LogP contribution is -2.47. The van der Waals surface area contributed by atoms with Gasteiger partial charge in [0.25, 0.3) is 0 Å². The van der Waals surface area contributed by atoms with Crippen LogP contribution in [-0.4, -0.2) is 53.9 Å². The summed E-state index contributed by atoms with van der Waals surface area (Å²) in [6.45, 7) is 2.79. The minimum atomic E-state index is 0.410. The maximum atomic E-state index is 6.49. The number of methoxy groups -OCH3 is 1. The highest BCUT2D eigenvalue weighted by molar-refractivity contribution is 6.32. The monoisotopic (exact) mass is 469 g/mol. The number of aryl methyl sites for hydroxylation is 1. The van der Waals surface area contributed by atoms with Crippen molar-refractivity contribution in [3.63, 3.8) is 0 Å². The second-order valence-electron chi connectivity index (χ2n) is 8.42. The van der Waals surface area contributed by atoms with E-state index in [-0.39, 0.29) is 0 Å². The quantitative estimate of drug-likeness (QED) is 0.544. The Labute approximate surface area is 198 Å². The number of piperidine rings is 1. The first-order chi connectivity index (χ1) is 16.2. The highest BCUT2D eigenvalue weighted by Crippen LogP contribution is 2.30. The molecule has 0 radical (unpaired) electrons. The number of hydrogen-bond acceptors (Lipinski definition) is 8. The lowest BCUT2D eigenvalue weighted by Gasteiger charge is -2.31. The number of nitrogens with zero attached hydrogens (tertiary/aromatic N) is 3. The molecule has 3 aromatic rings. The molecule has 8 nitrogen and oxygen atoms in total. The highest BCUT2D eigenvalue weighted by Gasteiger charge is 2.22. The van der Waals surface area contributed by atoms with Crippen LogP contribution in [0.15, 0.2) is 30.6 Å². The number of ether oxygens (including phenoxy) is 3. The van der Waals surface area contributed by atoms with Crippen molar-refractivity contribution >= 4 is 22.6 Å². The molecule has 5 heterocycles. The van der Waals surface area contributed by atoms with E-state index < -0.39 is 0 Å². The largest absolute Gasteiger partial charge is 0.486 e. The van der Waals surface area contributed by atoms with Gasteiger partial charge in [0.1, 0.15) is 13.2 Å². The third-order valence-electron chi connectivity index (χ3n) is 6.27. The molecule has 1 saturated heterocycles. The maximum Gasteiger partial charge on any atom is 0.213 e. The van der Waals surface area contributed by atoms with Gasteiger partial charge in [-0.2, -0.15) is 0 Å². The average Bonchev–Trinajstić information content (AvgIpc) is 2.87. The molecule has 174 valence electrons. The molecule has 2 N–H and O–H groups in total. The first-order valence-corrected chi connectivity index (χ1v) is 11.8. The van der Waals surface area contributed by atoms with Crippen LogP contribution in [0.3, 0.4) is 0 Å². The van der Waals surface area contributed by atoms with Crippen molar-refractivity contribution in [2.24, 2.45) is 0 Å². The maximum absolute atomic E-state index is 6.49. The summed E-state index contributed by atoms with van der Waals surface area (Å²) in [6.07, 6.45) is 7.51. The minimum absolute atomic E-state index is 0.410. The Kier molecular flexibility index (Phi) is 6.75. The number of hydrogen-bond donors (Lipinski definition) is 2. The van der Waals surface area contributed by atoms with E-state index in [0.717, 1.165) is 66.0 Å². The van der Waals surface area contributed by atoms with Crippen LogP contribution < -0.4 is 24.8 Å². The molecule has 9 heteroatoms. The smallest absolute Gasteiger partial charge is 0.213 e. The minimum Gasteiger partial charge on any atom is -0.486 e. The predicted molar refractivity (Wildman–Crippen MR) is 126 cm³/mol. The lowest BCUT2D eigenvalue weighted by molar-refractivity contribution is 0.170. The third kappa shape index (κ3) is 5.13. The summed E-state index contributed by atoms with van der Waals surface area (Å²) >= 11 is 6.49. The Bertz CT molecular complexity index is 1120. The van der Waals surface area contributed by atoms with E-state index in [1.54, 1.807) is 19.5 Å². The Hall–Kier alpha value is -2.68. The second-order valence-corrected chi connectivity index (χ2v) is 8.83. The van der Waals surface area contributed by atoms with Gasteiger partial charge in [-0.1, -0.05) is 11.6 Å². The summed E-state index contributed by atoms with van der Waals surface area (Å²) in [4.78, 5) is 13.5. The van der Waals surface area contributed by atoms with Crippen molar-refractivity contribution < 1.29 is 14.2 Å². The molecular formula is C24H28ClN5O3. The highest BCUT2D eigenvalue weighted by atomic mass is 35.5. The first kappa shape index (κ1) is 22.1. The average molecular weight is 470 g/mol. The molecule has 2 atom stereocenters. The Morgan fingerprint density at radius 1 is 1.15 bits per heavy atom. The summed E-state index contributed by atoms with van der Waals surface area (Å²) in [5, 5.41) is 7.95. The molecule has 0 aromatic carbocycles.